The Hall–Kier alpha value is -3.08. The van der Waals surface area contributed by atoms with Crippen LogP contribution in [0.5, 0.6) is 0 Å². The minimum Gasteiger partial charge on any atom is -0.399 e. The molecule has 5 nitrogen and oxygen atoms in total. The molecule has 5 heteroatoms. The number of anilines is 3. The molecule has 0 unspecified atom stereocenters. The van der Waals surface area contributed by atoms with Crippen LogP contribution in [0.15, 0.2) is 60.9 Å². The fourth-order valence-electron chi connectivity index (χ4n) is 2.52. The largest absolute Gasteiger partial charge is 0.399 e. The Morgan fingerprint density at radius 2 is 1.74 bits per heavy atom. The van der Waals surface area contributed by atoms with E-state index in [2.05, 4.69) is 34.3 Å². The van der Waals surface area contributed by atoms with Gasteiger partial charge in [0.05, 0.1) is 5.56 Å². The number of aromatic nitrogens is 2. The number of nitrogens with zero attached hydrogens (tertiary/aromatic N) is 2. The molecule has 3 aromatic rings. The Kier molecular flexibility index (Phi) is 4.10. The molecule has 0 radical (unpaired) electrons. The highest BCUT2D eigenvalue weighted by molar-refractivity contribution is 5.84. The van der Waals surface area contributed by atoms with Crippen molar-refractivity contribution >= 4 is 17.3 Å². The van der Waals surface area contributed by atoms with E-state index in [1.165, 1.54) is 11.9 Å². The van der Waals surface area contributed by atoms with Gasteiger partial charge >= 0.3 is 0 Å². The third-order valence-corrected chi connectivity index (χ3v) is 3.70. The van der Waals surface area contributed by atoms with E-state index in [1.807, 2.05) is 42.5 Å². The average Bonchev–Trinajstić information content (AvgIpc) is 2.56. The molecule has 0 amide bonds. The Bertz CT molecular complexity index is 802. The first-order valence-electron chi connectivity index (χ1n) is 7.43. The number of benzene rings is 2. The number of hydrogen-bond donors (Lipinski definition) is 3. The van der Waals surface area contributed by atoms with Crippen molar-refractivity contribution in [3.05, 3.63) is 66.5 Å². The van der Waals surface area contributed by atoms with E-state index in [4.69, 9.17) is 11.5 Å². The summed E-state index contributed by atoms with van der Waals surface area (Å²) in [5, 5.41) is 3.41. The molecule has 0 aliphatic heterocycles. The Labute approximate surface area is 135 Å². The van der Waals surface area contributed by atoms with Gasteiger partial charge in [-0.25, -0.2) is 9.97 Å². The summed E-state index contributed by atoms with van der Waals surface area (Å²) in [6.07, 6.45) is 1.46. The number of nitrogens with two attached hydrogens (primary N) is 2. The van der Waals surface area contributed by atoms with Crippen LogP contribution in [0.1, 0.15) is 18.5 Å². The molecule has 2 aromatic carbocycles. The van der Waals surface area contributed by atoms with Gasteiger partial charge in [0.25, 0.3) is 0 Å². The van der Waals surface area contributed by atoms with Crippen LogP contribution in [0.4, 0.5) is 17.3 Å². The van der Waals surface area contributed by atoms with Crippen molar-refractivity contribution in [1.82, 2.24) is 9.97 Å². The normalized spacial score (nSPS) is 11.9. The molecule has 0 aliphatic carbocycles. The van der Waals surface area contributed by atoms with E-state index in [0.717, 1.165) is 11.1 Å². The van der Waals surface area contributed by atoms with E-state index in [1.54, 1.807) is 0 Å². The van der Waals surface area contributed by atoms with Crippen molar-refractivity contribution in [3.8, 4) is 11.1 Å². The second kappa shape index (κ2) is 6.36. The van der Waals surface area contributed by atoms with Gasteiger partial charge in [0.2, 0.25) is 0 Å². The van der Waals surface area contributed by atoms with E-state index in [0.29, 0.717) is 17.3 Å². The molecule has 0 aliphatic rings. The molecular weight excluding hydrogens is 286 g/mol. The van der Waals surface area contributed by atoms with Crippen LogP contribution in [-0.4, -0.2) is 9.97 Å². The molecule has 0 fully saturated rings. The maximum Gasteiger partial charge on any atom is 0.139 e. The maximum atomic E-state index is 6.09. The third kappa shape index (κ3) is 3.23. The van der Waals surface area contributed by atoms with Gasteiger partial charge in [-0.1, -0.05) is 42.5 Å². The molecule has 0 saturated carbocycles. The highest BCUT2D eigenvalue weighted by Gasteiger charge is 2.14. The van der Waals surface area contributed by atoms with Crippen molar-refractivity contribution in [1.29, 1.82) is 0 Å². The quantitative estimate of drug-likeness (QED) is 0.642. The highest BCUT2D eigenvalue weighted by Crippen LogP contribution is 2.33. The van der Waals surface area contributed by atoms with Gasteiger partial charge in [-0.15, -0.1) is 0 Å². The summed E-state index contributed by atoms with van der Waals surface area (Å²) in [5.74, 6) is 1.12. The molecule has 23 heavy (non-hydrogen) atoms. The second-order valence-electron chi connectivity index (χ2n) is 5.38. The molecule has 0 spiro atoms. The molecule has 0 bridgehead atoms. The average molecular weight is 305 g/mol. The van der Waals surface area contributed by atoms with Crippen LogP contribution < -0.4 is 16.8 Å². The standard InChI is InChI=1S/C18H19N5/c1-12(13-6-3-2-4-7-13)23-18-16(17(20)21-11-22-18)14-8-5-9-15(19)10-14/h2-12H,19H2,1H3,(H3,20,21,22,23)/t12-/m1/s1. The number of nitrogens with one attached hydrogen (secondary N) is 1. The molecule has 1 aromatic heterocycles. The lowest BCUT2D eigenvalue weighted by molar-refractivity contribution is 0.873. The summed E-state index contributed by atoms with van der Waals surface area (Å²) in [5.41, 5.74) is 15.5. The SMILES string of the molecule is C[C@@H](Nc1ncnc(N)c1-c1cccc(N)c1)c1ccccc1. The molecule has 0 saturated heterocycles. The summed E-state index contributed by atoms with van der Waals surface area (Å²) in [6, 6.07) is 17.8. The van der Waals surface area contributed by atoms with Gasteiger partial charge in [0.15, 0.2) is 0 Å². The lowest BCUT2D eigenvalue weighted by atomic mass is 10.0. The van der Waals surface area contributed by atoms with Crippen LogP contribution >= 0.6 is 0 Å². The molecule has 5 N–H and O–H groups in total. The summed E-state index contributed by atoms with van der Waals surface area (Å²) in [4.78, 5) is 8.48. The number of nitrogen functional groups attached to an aromatic ring is 2. The van der Waals surface area contributed by atoms with Crippen molar-refractivity contribution in [2.45, 2.75) is 13.0 Å². The highest BCUT2D eigenvalue weighted by atomic mass is 15.1. The lowest BCUT2D eigenvalue weighted by Gasteiger charge is -2.18. The van der Waals surface area contributed by atoms with Crippen LogP contribution in [0.3, 0.4) is 0 Å². The first kappa shape index (κ1) is 14.8. The Morgan fingerprint density at radius 3 is 2.48 bits per heavy atom. The van der Waals surface area contributed by atoms with Gasteiger partial charge in [-0.2, -0.15) is 0 Å². The van der Waals surface area contributed by atoms with E-state index < -0.39 is 0 Å². The summed E-state index contributed by atoms with van der Waals surface area (Å²) >= 11 is 0. The van der Waals surface area contributed by atoms with Gasteiger partial charge in [-0.05, 0) is 30.2 Å². The minimum atomic E-state index is 0.0882. The molecule has 116 valence electrons. The smallest absolute Gasteiger partial charge is 0.139 e. The van der Waals surface area contributed by atoms with Crippen molar-refractivity contribution in [2.75, 3.05) is 16.8 Å². The zero-order valence-corrected chi connectivity index (χ0v) is 12.9. The topological polar surface area (TPSA) is 89.8 Å². The predicted molar refractivity (Wildman–Crippen MR) is 94.8 cm³/mol. The van der Waals surface area contributed by atoms with Gasteiger partial charge in [-0.3, -0.25) is 0 Å². The molecular formula is C18H19N5. The fraction of sp³-hybridized carbons (Fsp3) is 0.111. The zero-order valence-electron chi connectivity index (χ0n) is 12.9. The predicted octanol–water partition coefficient (Wildman–Crippen LogP) is 3.48. The second-order valence-corrected chi connectivity index (χ2v) is 5.38. The zero-order chi connectivity index (χ0) is 16.2. The van der Waals surface area contributed by atoms with Gasteiger partial charge in [0, 0.05) is 11.7 Å². The monoisotopic (exact) mass is 305 g/mol. The van der Waals surface area contributed by atoms with Crippen LogP contribution in [0, 0.1) is 0 Å². The van der Waals surface area contributed by atoms with Crippen molar-refractivity contribution < 1.29 is 0 Å². The first-order valence-corrected chi connectivity index (χ1v) is 7.43. The molecule has 3 rings (SSSR count). The molecule has 1 heterocycles. The Balaban J connectivity index is 1.99. The van der Waals surface area contributed by atoms with E-state index in [-0.39, 0.29) is 6.04 Å². The Morgan fingerprint density at radius 1 is 0.957 bits per heavy atom. The fourth-order valence-corrected chi connectivity index (χ4v) is 2.52. The van der Waals surface area contributed by atoms with Crippen molar-refractivity contribution in [2.24, 2.45) is 0 Å². The van der Waals surface area contributed by atoms with Crippen molar-refractivity contribution in [3.63, 3.8) is 0 Å². The number of hydrogen-bond acceptors (Lipinski definition) is 5. The maximum absolute atomic E-state index is 6.09. The van der Waals surface area contributed by atoms with Crippen LogP contribution in [0.25, 0.3) is 11.1 Å². The lowest BCUT2D eigenvalue weighted by Crippen LogP contribution is -2.10. The molecule has 1 atom stereocenters. The summed E-state index contributed by atoms with van der Waals surface area (Å²) in [6.45, 7) is 2.08. The van der Waals surface area contributed by atoms with E-state index >= 15 is 0 Å². The van der Waals surface area contributed by atoms with Crippen LogP contribution in [-0.2, 0) is 0 Å². The van der Waals surface area contributed by atoms with Gasteiger partial charge < -0.3 is 16.8 Å². The number of rotatable bonds is 4. The summed E-state index contributed by atoms with van der Waals surface area (Å²) < 4.78 is 0. The minimum absolute atomic E-state index is 0.0882. The third-order valence-electron chi connectivity index (χ3n) is 3.70. The van der Waals surface area contributed by atoms with E-state index in [9.17, 15) is 0 Å². The van der Waals surface area contributed by atoms with Crippen LogP contribution in [0.2, 0.25) is 0 Å². The van der Waals surface area contributed by atoms with Gasteiger partial charge in [0.1, 0.15) is 18.0 Å². The summed E-state index contributed by atoms with van der Waals surface area (Å²) in [7, 11) is 0. The first-order chi connectivity index (χ1) is 11.1.